The summed E-state index contributed by atoms with van der Waals surface area (Å²) in [4.78, 5) is 48.3. The van der Waals surface area contributed by atoms with Crippen LogP contribution in [0.1, 0.15) is 20.7 Å². The number of benzene rings is 3. The normalized spacial score (nSPS) is 19.8. The summed E-state index contributed by atoms with van der Waals surface area (Å²) in [5.41, 5.74) is 5.00. The van der Waals surface area contributed by atoms with Gasteiger partial charge in [-0.3, -0.25) is 19.9 Å². The first-order valence-corrected chi connectivity index (χ1v) is 15.1. The fourth-order valence-corrected chi connectivity index (χ4v) is 7.55. The Labute approximate surface area is 256 Å². The van der Waals surface area contributed by atoms with Gasteiger partial charge in [0, 0.05) is 76.8 Å². The molecule has 0 aliphatic carbocycles. The van der Waals surface area contributed by atoms with Crippen LogP contribution in [-0.2, 0) is 17.8 Å². The van der Waals surface area contributed by atoms with Gasteiger partial charge in [0.1, 0.15) is 12.2 Å². The van der Waals surface area contributed by atoms with E-state index in [2.05, 4.69) is 15.2 Å². The number of ether oxygens (including phenoxy) is 1. The topological polar surface area (TPSA) is 122 Å². The Morgan fingerprint density at radius 3 is 1.93 bits per heavy atom. The number of aliphatic hydroxyl groups is 1. The number of nitrogens with zero attached hydrogens (tertiary/aromatic N) is 5. The van der Waals surface area contributed by atoms with E-state index in [9.17, 15) is 19.5 Å². The molecular weight excluding hydrogens is 572 g/mol. The van der Waals surface area contributed by atoms with Crippen LogP contribution in [0, 0.1) is 0 Å². The summed E-state index contributed by atoms with van der Waals surface area (Å²) >= 11 is 0. The van der Waals surface area contributed by atoms with Gasteiger partial charge in [-0.2, -0.15) is 0 Å². The monoisotopic (exact) mass is 600 g/mol. The molecule has 3 amide bonds. The number of aromatic nitrogens is 3. The number of pyridine rings is 1. The van der Waals surface area contributed by atoms with Gasteiger partial charge in [0.25, 0.3) is 11.8 Å². The molecule has 3 aromatic heterocycles. The average molecular weight is 601 g/mol. The molecule has 0 radical (unpaired) electrons. The van der Waals surface area contributed by atoms with Crippen molar-refractivity contribution in [3.8, 4) is 0 Å². The van der Waals surface area contributed by atoms with Crippen LogP contribution in [0.4, 0.5) is 10.5 Å². The number of piperazine rings is 1. The minimum absolute atomic E-state index is 0.142. The third kappa shape index (κ3) is 3.67. The van der Waals surface area contributed by atoms with Gasteiger partial charge in [-0.15, -0.1) is 0 Å². The van der Waals surface area contributed by atoms with Crippen molar-refractivity contribution in [3.63, 3.8) is 0 Å². The number of rotatable bonds is 2. The summed E-state index contributed by atoms with van der Waals surface area (Å²) in [6.45, 7) is 2.61. The van der Waals surface area contributed by atoms with E-state index in [4.69, 9.17) is 4.74 Å². The Balaban J connectivity index is 1.17. The second-order valence-electron chi connectivity index (χ2n) is 11.9. The minimum atomic E-state index is -1.04. The second-order valence-corrected chi connectivity index (χ2v) is 11.9. The van der Waals surface area contributed by atoms with Crippen molar-refractivity contribution in [2.75, 3.05) is 31.1 Å². The number of hydrogen-bond acceptors (Lipinski definition) is 7. The van der Waals surface area contributed by atoms with Gasteiger partial charge < -0.3 is 28.8 Å². The zero-order valence-electron chi connectivity index (χ0n) is 24.1. The molecule has 0 spiro atoms. The van der Waals surface area contributed by atoms with Crippen molar-refractivity contribution in [3.05, 3.63) is 84.2 Å². The lowest BCUT2D eigenvalue weighted by atomic mass is 9.96. The number of amides is 3. The van der Waals surface area contributed by atoms with Crippen LogP contribution in [0.3, 0.4) is 0 Å². The number of carbonyl (C=O) groups excluding carboxylic acids is 3. The van der Waals surface area contributed by atoms with Crippen LogP contribution in [-0.4, -0.2) is 80.4 Å². The third-order valence-corrected chi connectivity index (χ3v) is 9.58. The molecule has 6 aromatic rings. The van der Waals surface area contributed by atoms with Crippen molar-refractivity contribution in [1.82, 2.24) is 24.3 Å². The molecule has 11 heteroatoms. The number of imide groups is 1. The third-order valence-electron chi connectivity index (χ3n) is 9.58. The molecule has 3 aliphatic heterocycles. The number of aliphatic hydroxyl groups excluding tert-OH is 1. The van der Waals surface area contributed by atoms with E-state index >= 15 is 0 Å². The van der Waals surface area contributed by atoms with Crippen LogP contribution in [0.25, 0.3) is 43.6 Å². The van der Waals surface area contributed by atoms with E-state index in [1.165, 1.54) is 0 Å². The van der Waals surface area contributed by atoms with E-state index in [1.54, 1.807) is 17.3 Å². The van der Waals surface area contributed by atoms with E-state index in [1.807, 2.05) is 69.8 Å². The molecule has 0 bridgehead atoms. The van der Waals surface area contributed by atoms with Crippen LogP contribution >= 0.6 is 0 Å². The van der Waals surface area contributed by atoms with E-state index < -0.39 is 30.1 Å². The SMILES string of the molecule is O=C1NC(=O)c2c1c1c3ccccc3n3c1c1c2c2ccccc2n1CC(OC(=O)N1CCN(c2ccncc2)CC1)C(O)C3. The molecule has 2 unspecified atom stereocenters. The first kappa shape index (κ1) is 26.0. The minimum Gasteiger partial charge on any atom is -0.441 e. The van der Waals surface area contributed by atoms with Gasteiger partial charge in [-0.05, 0) is 24.3 Å². The number of anilines is 1. The second kappa shape index (κ2) is 9.54. The quantitative estimate of drug-likeness (QED) is 0.289. The van der Waals surface area contributed by atoms with Crippen LogP contribution < -0.4 is 10.2 Å². The Kier molecular flexibility index (Phi) is 5.52. The molecule has 6 heterocycles. The summed E-state index contributed by atoms with van der Waals surface area (Å²) in [7, 11) is 0. The average Bonchev–Trinajstić information content (AvgIpc) is 3.67. The summed E-state index contributed by atoms with van der Waals surface area (Å²) in [5.74, 6) is -0.845. The molecule has 9 rings (SSSR count). The maximum atomic E-state index is 13.6. The van der Waals surface area contributed by atoms with Gasteiger partial charge in [-0.1, -0.05) is 36.4 Å². The van der Waals surface area contributed by atoms with Crippen molar-refractivity contribution in [1.29, 1.82) is 0 Å². The lowest BCUT2D eigenvalue weighted by Gasteiger charge is -2.36. The van der Waals surface area contributed by atoms with Crippen LogP contribution in [0.5, 0.6) is 0 Å². The Hall–Kier alpha value is -5.42. The summed E-state index contributed by atoms with van der Waals surface area (Å²) in [6, 6.07) is 19.3. The first-order chi connectivity index (χ1) is 22.0. The molecule has 11 nitrogen and oxygen atoms in total. The molecule has 224 valence electrons. The Bertz CT molecular complexity index is 2230. The lowest BCUT2D eigenvalue weighted by Crippen LogP contribution is -2.50. The van der Waals surface area contributed by atoms with Gasteiger partial charge in [-0.25, -0.2) is 4.79 Å². The molecule has 0 saturated carbocycles. The highest BCUT2D eigenvalue weighted by molar-refractivity contribution is 6.39. The molecular formula is C34H28N6O5. The van der Waals surface area contributed by atoms with Gasteiger partial charge in [0.2, 0.25) is 0 Å². The van der Waals surface area contributed by atoms with Crippen molar-refractivity contribution in [2.45, 2.75) is 25.3 Å². The molecule has 1 saturated heterocycles. The standard InChI is InChI=1S/C34H28N6O5/c41-24-17-39-22-7-3-1-5-20(22)26-28-29(33(43)36-32(28)42)27-21-6-2-4-8-23(21)40(31(27)30(26)39)18-25(24)45-34(44)38-15-13-37(14-16-38)19-9-11-35-12-10-19/h1-12,24-25,41H,13-18H2,(H,36,42,43). The van der Waals surface area contributed by atoms with Gasteiger partial charge >= 0.3 is 6.09 Å². The van der Waals surface area contributed by atoms with Crippen molar-refractivity contribution in [2.24, 2.45) is 0 Å². The Morgan fingerprint density at radius 1 is 0.778 bits per heavy atom. The van der Waals surface area contributed by atoms with Crippen LogP contribution in [0.15, 0.2) is 73.1 Å². The lowest BCUT2D eigenvalue weighted by molar-refractivity contribution is -0.0254. The Morgan fingerprint density at radius 2 is 1.33 bits per heavy atom. The fourth-order valence-electron chi connectivity index (χ4n) is 7.55. The summed E-state index contributed by atoms with van der Waals surface area (Å²) in [6.07, 6.45) is 1.13. The summed E-state index contributed by atoms with van der Waals surface area (Å²) < 4.78 is 10.2. The highest BCUT2D eigenvalue weighted by atomic mass is 16.6. The number of carbonyl (C=O) groups is 3. The summed E-state index contributed by atoms with van der Waals surface area (Å²) in [5, 5.41) is 17.3. The highest BCUT2D eigenvalue weighted by Gasteiger charge is 2.39. The first-order valence-electron chi connectivity index (χ1n) is 15.1. The fraction of sp³-hybridized carbons (Fsp3) is 0.235. The molecule has 2 N–H and O–H groups in total. The maximum absolute atomic E-state index is 13.6. The van der Waals surface area contributed by atoms with Crippen LogP contribution in [0.2, 0.25) is 0 Å². The number of nitrogens with one attached hydrogen (secondary N) is 1. The van der Waals surface area contributed by atoms with Crippen molar-refractivity contribution < 1.29 is 24.2 Å². The van der Waals surface area contributed by atoms with E-state index in [0.29, 0.717) is 48.1 Å². The predicted octanol–water partition coefficient (Wildman–Crippen LogP) is 3.88. The van der Waals surface area contributed by atoms with E-state index in [-0.39, 0.29) is 13.1 Å². The molecule has 1 fully saturated rings. The zero-order valence-corrected chi connectivity index (χ0v) is 24.1. The molecule has 3 aliphatic rings. The van der Waals surface area contributed by atoms with E-state index in [0.717, 1.165) is 38.5 Å². The number of para-hydroxylation sites is 2. The van der Waals surface area contributed by atoms with Crippen molar-refractivity contribution >= 4 is 67.2 Å². The maximum Gasteiger partial charge on any atom is 0.410 e. The predicted molar refractivity (Wildman–Crippen MR) is 169 cm³/mol. The van der Waals surface area contributed by atoms with Gasteiger partial charge in [0.15, 0.2) is 0 Å². The highest BCUT2D eigenvalue weighted by Crippen LogP contribution is 2.45. The number of fused-ring (bicyclic) bond motifs is 9. The van der Waals surface area contributed by atoms with Gasteiger partial charge in [0.05, 0.1) is 35.2 Å². The molecule has 45 heavy (non-hydrogen) atoms. The number of hydrogen-bond donors (Lipinski definition) is 2. The smallest absolute Gasteiger partial charge is 0.410 e. The zero-order chi connectivity index (χ0) is 30.4. The molecule has 3 aromatic carbocycles. The largest absolute Gasteiger partial charge is 0.441 e. The molecule has 2 atom stereocenters.